The quantitative estimate of drug-likeness (QED) is 0.677. The van der Waals surface area contributed by atoms with E-state index in [1.165, 1.54) is 6.07 Å². The van der Waals surface area contributed by atoms with Gasteiger partial charge >= 0.3 is 5.69 Å². The van der Waals surface area contributed by atoms with Crippen molar-refractivity contribution in [1.29, 1.82) is 0 Å². The number of hydrogen-bond donors (Lipinski definition) is 1. The second kappa shape index (κ2) is 6.02. The molecule has 0 fully saturated rings. The largest absolute Gasteiger partial charge is 0.450 e. The zero-order valence-corrected chi connectivity index (χ0v) is 12.4. The maximum Gasteiger partial charge on any atom is 0.311 e. The lowest BCUT2D eigenvalue weighted by Crippen LogP contribution is -1.98. The molecular formula is C14H13BrN2O3. The van der Waals surface area contributed by atoms with Crippen LogP contribution in [0.1, 0.15) is 11.1 Å². The normalized spacial score (nSPS) is 10.3. The van der Waals surface area contributed by atoms with Crippen LogP contribution in [0.5, 0.6) is 11.5 Å². The predicted molar refractivity (Wildman–Crippen MR) is 79.9 cm³/mol. The predicted octanol–water partition coefficient (Wildman–Crippen LogP) is 3.92. The number of nitrogens with two attached hydrogens (primary N) is 1. The molecule has 2 aromatic carbocycles. The number of aryl methyl sites for hydroxylation is 1. The molecule has 0 aliphatic rings. The average Bonchev–Trinajstić information content (AvgIpc) is 2.38. The second-order valence-corrected chi connectivity index (χ2v) is 5.14. The van der Waals surface area contributed by atoms with Crippen LogP contribution >= 0.6 is 15.9 Å². The Bertz CT molecular complexity index is 659. The molecule has 0 aromatic heterocycles. The van der Waals surface area contributed by atoms with Crippen LogP contribution in [0.25, 0.3) is 0 Å². The van der Waals surface area contributed by atoms with Crippen LogP contribution in [0.3, 0.4) is 0 Å². The molecule has 0 aliphatic carbocycles. The van der Waals surface area contributed by atoms with Gasteiger partial charge < -0.3 is 10.5 Å². The maximum atomic E-state index is 11.0. The Balaban J connectivity index is 2.36. The topological polar surface area (TPSA) is 78.4 Å². The van der Waals surface area contributed by atoms with Crippen LogP contribution in [0, 0.1) is 17.0 Å². The molecule has 0 saturated carbocycles. The van der Waals surface area contributed by atoms with Crippen molar-refractivity contribution in [2.45, 2.75) is 13.5 Å². The van der Waals surface area contributed by atoms with E-state index in [1.54, 1.807) is 24.3 Å². The van der Waals surface area contributed by atoms with Crippen LogP contribution in [-0.4, -0.2) is 4.92 Å². The summed E-state index contributed by atoms with van der Waals surface area (Å²) in [6.45, 7) is 2.26. The minimum atomic E-state index is -0.460. The highest BCUT2D eigenvalue weighted by Gasteiger charge is 2.16. The van der Waals surface area contributed by atoms with Gasteiger partial charge in [-0.1, -0.05) is 28.1 Å². The van der Waals surface area contributed by atoms with Crippen molar-refractivity contribution >= 4 is 21.6 Å². The number of benzene rings is 2. The number of hydrogen-bond acceptors (Lipinski definition) is 4. The number of nitro benzene ring substituents is 1. The van der Waals surface area contributed by atoms with Crippen molar-refractivity contribution in [1.82, 2.24) is 0 Å². The van der Waals surface area contributed by atoms with Gasteiger partial charge in [-0.2, -0.15) is 0 Å². The second-order valence-electron chi connectivity index (χ2n) is 4.29. The van der Waals surface area contributed by atoms with Gasteiger partial charge in [-0.15, -0.1) is 0 Å². The average molecular weight is 337 g/mol. The monoisotopic (exact) mass is 336 g/mol. The van der Waals surface area contributed by atoms with Gasteiger partial charge in [0.15, 0.2) is 0 Å². The first-order chi connectivity index (χ1) is 9.51. The first kappa shape index (κ1) is 14.5. The highest BCUT2D eigenvalue weighted by molar-refractivity contribution is 9.10. The third kappa shape index (κ3) is 3.15. The Kier molecular flexibility index (Phi) is 4.36. The Morgan fingerprint density at radius 1 is 1.30 bits per heavy atom. The molecule has 2 N–H and O–H groups in total. The fourth-order valence-corrected chi connectivity index (χ4v) is 2.26. The van der Waals surface area contributed by atoms with Gasteiger partial charge in [0, 0.05) is 17.1 Å². The molecule has 104 valence electrons. The molecular weight excluding hydrogens is 324 g/mol. The summed E-state index contributed by atoms with van der Waals surface area (Å²) in [7, 11) is 0. The SMILES string of the molecule is Cc1ccc([N+](=O)[O-])c(Oc2ccc(CN)c(Br)c2)c1. The molecule has 0 aliphatic heterocycles. The lowest BCUT2D eigenvalue weighted by molar-refractivity contribution is -0.385. The molecule has 0 atom stereocenters. The van der Waals surface area contributed by atoms with Gasteiger partial charge in [0.1, 0.15) is 5.75 Å². The summed E-state index contributed by atoms with van der Waals surface area (Å²) >= 11 is 3.39. The minimum Gasteiger partial charge on any atom is -0.450 e. The summed E-state index contributed by atoms with van der Waals surface area (Å²) in [6, 6.07) is 10.1. The Morgan fingerprint density at radius 3 is 2.65 bits per heavy atom. The van der Waals surface area contributed by atoms with Gasteiger partial charge in [0.2, 0.25) is 5.75 Å². The van der Waals surface area contributed by atoms with Crippen LogP contribution in [0.4, 0.5) is 5.69 Å². The summed E-state index contributed by atoms with van der Waals surface area (Å²) in [5.41, 5.74) is 7.35. The van der Waals surface area contributed by atoms with Crippen LogP contribution in [0.15, 0.2) is 40.9 Å². The molecule has 0 bridgehead atoms. The molecule has 2 aromatic rings. The molecule has 0 radical (unpaired) electrons. The molecule has 20 heavy (non-hydrogen) atoms. The van der Waals surface area contributed by atoms with Crippen molar-refractivity contribution in [3.8, 4) is 11.5 Å². The molecule has 0 unspecified atom stereocenters. The first-order valence-electron chi connectivity index (χ1n) is 5.92. The highest BCUT2D eigenvalue weighted by Crippen LogP contribution is 2.33. The maximum absolute atomic E-state index is 11.0. The fourth-order valence-electron chi connectivity index (χ4n) is 1.74. The Labute approximate surface area is 124 Å². The number of rotatable bonds is 4. The summed E-state index contributed by atoms with van der Waals surface area (Å²) in [4.78, 5) is 10.5. The molecule has 2 rings (SSSR count). The van der Waals surface area contributed by atoms with Crippen molar-refractivity contribution in [3.63, 3.8) is 0 Å². The van der Waals surface area contributed by atoms with Crippen molar-refractivity contribution in [2.75, 3.05) is 0 Å². The molecule has 6 heteroatoms. The zero-order valence-electron chi connectivity index (χ0n) is 10.8. The molecule has 0 saturated heterocycles. The third-order valence-corrected chi connectivity index (χ3v) is 3.52. The zero-order chi connectivity index (χ0) is 14.7. The number of nitrogens with zero attached hydrogens (tertiary/aromatic N) is 1. The van der Waals surface area contributed by atoms with Gasteiger partial charge in [-0.25, -0.2) is 0 Å². The minimum absolute atomic E-state index is 0.0605. The van der Waals surface area contributed by atoms with Gasteiger partial charge in [-0.3, -0.25) is 10.1 Å². The molecule has 0 spiro atoms. The van der Waals surface area contributed by atoms with E-state index in [0.29, 0.717) is 12.3 Å². The molecule has 0 amide bonds. The summed E-state index contributed by atoms with van der Waals surface area (Å²) in [5, 5.41) is 11.0. The Hall–Kier alpha value is -1.92. The first-order valence-corrected chi connectivity index (χ1v) is 6.72. The van der Waals surface area contributed by atoms with E-state index in [1.807, 2.05) is 13.0 Å². The summed E-state index contributed by atoms with van der Waals surface area (Å²) in [6.07, 6.45) is 0. The molecule has 0 heterocycles. The van der Waals surface area contributed by atoms with E-state index in [9.17, 15) is 10.1 Å². The van der Waals surface area contributed by atoms with Gasteiger partial charge in [0.25, 0.3) is 0 Å². The van der Waals surface area contributed by atoms with E-state index in [-0.39, 0.29) is 11.4 Å². The van der Waals surface area contributed by atoms with E-state index in [4.69, 9.17) is 10.5 Å². The number of nitro groups is 1. The van der Waals surface area contributed by atoms with E-state index >= 15 is 0 Å². The van der Waals surface area contributed by atoms with Crippen LogP contribution < -0.4 is 10.5 Å². The summed E-state index contributed by atoms with van der Waals surface area (Å²) < 4.78 is 6.43. The third-order valence-electron chi connectivity index (χ3n) is 2.78. The van der Waals surface area contributed by atoms with Crippen molar-refractivity contribution in [2.24, 2.45) is 5.73 Å². The van der Waals surface area contributed by atoms with E-state index in [0.717, 1.165) is 15.6 Å². The Morgan fingerprint density at radius 2 is 2.05 bits per heavy atom. The lowest BCUT2D eigenvalue weighted by atomic mass is 10.2. The van der Waals surface area contributed by atoms with Crippen LogP contribution in [-0.2, 0) is 6.54 Å². The van der Waals surface area contributed by atoms with Crippen molar-refractivity contribution in [3.05, 3.63) is 62.1 Å². The highest BCUT2D eigenvalue weighted by atomic mass is 79.9. The number of halogens is 1. The van der Waals surface area contributed by atoms with E-state index < -0.39 is 4.92 Å². The fraction of sp³-hybridized carbons (Fsp3) is 0.143. The van der Waals surface area contributed by atoms with Gasteiger partial charge in [0.05, 0.1) is 4.92 Å². The molecule has 5 nitrogen and oxygen atoms in total. The number of ether oxygens (including phenoxy) is 1. The summed E-state index contributed by atoms with van der Waals surface area (Å²) in [5.74, 6) is 0.741. The van der Waals surface area contributed by atoms with Crippen LogP contribution in [0.2, 0.25) is 0 Å². The van der Waals surface area contributed by atoms with Crippen molar-refractivity contribution < 1.29 is 9.66 Å². The van der Waals surface area contributed by atoms with E-state index in [2.05, 4.69) is 15.9 Å². The standard InChI is InChI=1S/C14H13BrN2O3/c1-9-2-5-13(17(18)19)14(6-9)20-11-4-3-10(8-16)12(15)7-11/h2-7H,8,16H2,1H3. The van der Waals surface area contributed by atoms with Gasteiger partial charge in [-0.05, 0) is 36.2 Å². The lowest BCUT2D eigenvalue weighted by Gasteiger charge is -2.09. The smallest absolute Gasteiger partial charge is 0.311 e.